The van der Waals surface area contributed by atoms with E-state index < -0.39 is 55.5 Å². The van der Waals surface area contributed by atoms with Crippen LogP contribution in [0, 0.1) is 11.7 Å². The summed E-state index contributed by atoms with van der Waals surface area (Å²) in [5.41, 5.74) is -0.215. The van der Waals surface area contributed by atoms with Crippen LogP contribution in [0.3, 0.4) is 0 Å². The third-order valence-electron chi connectivity index (χ3n) is 3.94. The first-order valence-corrected chi connectivity index (χ1v) is 9.92. The van der Waals surface area contributed by atoms with Crippen molar-refractivity contribution in [3.05, 3.63) is 34.1 Å². The van der Waals surface area contributed by atoms with Crippen molar-refractivity contribution in [1.82, 2.24) is 10.6 Å². The predicted molar refractivity (Wildman–Crippen MR) is 106 cm³/mol. The van der Waals surface area contributed by atoms with Crippen LogP contribution in [0.15, 0.2) is 22.7 Å². The van der Waals surface area contributed by atoms with Gasteiger partial charge in [-0.15, -0.1) is 0 Å². The fourth-order valence-corrected chi connectivity index (χ4v) is 3.07. The zero-order valence-corrected chi connectivity index (χ0v) is 18.2. The van der Waals surface area contributed by atoms with Gasteiger partial charge in [0.15, 0.2) is 0 Å². The summed E-state index contributed by atoms with van der Waals surface area (Å²) < 4.78 is 29.4. The highest BCUT2D eigenvalue weighted by molar-refractivity contribution is 9.10. The van der Waals surface area contributed by atoms with Crippen LogP contribution in [0.25, 0.3) is 0 Å². The van der Waals surface area contributed by atoms with Crippen LogP contribution < -0.4 is 10.6 Å². The highest BCUT2D eigenvalue weighted by Crippen LogP contribution is 2.19. The number of hydrogen-bond acceptors (Lipinski definition) is 7. The fraction of sp³-hybridized carbons (Fsp3) is 0.444. The maximum absolute atomic E-state index is 13.8. The second-order valence-electron chi connectivity index (χ2n) is 6.99. The van der Waals surface area contributed by atoms with Crippen LogP contribution in [0.5, 0.6) is 0 Å². The van der Waals surface area contributed by atoms with Gasteiger partial charge in [-0.25, -0.2) is 9.18 Å². The summed E-state index contributed by atoms with van der Waals surface area (Å²) in [6, 6.07) is 3.87. The molecule has 1 fully saturated rings. The number of ether oxygens (including phenoxy) is 1. The Morgan fingerprint density at radius 3 is 2.67 bits per heavy atom. The van der Waals surface area contributed by atoms with Crippen LogP contribution >= 0.6 is 15.9 Å². The van der Waals surface area contributed by atoms with Gasteiger partial charge in [0.1, 0.15) is 5.82 Å². The average Bonchev–Trinajstić information content (AvgIpc) is 3.00. The van der Waals surface area contributed by atoms with Gasteiger partial charge in [-0.1, -0.05) is 29.8 Å². The van der Waals surface area contributed by atoms with Crippen molar-refractivity contribution in [2.24, 2.45) is 5.92 Å². The molecule has 12 heteroatoms. The monoisotopic (exact) mass is 486 g/mol. The molecule has 0 unspecified atom stereocenters. The van der Waals surface area contributed by atoms with Crippen molar-refractivity contribution < 1.29 is 37.6 Å². The number of rotatable bonds is 8. The molecule has 1 heterocycles. The number of halogens is 2. The van der Waals surface area contributed by atoms with E-state index in [1.807, 2.05) is 13.8 Å². The summed E-state index contributed by atoms with van der Waals surface area (Å²) in [5, 5.41) is 4.95. The van der Waals surface area contributed by atoms with Crippen molar-refractivity contribution in [3.8, 4) is 0 Å². The Morgan fingerprint density at radius 2 is 2.03 bits per heavy atom. The number of amides is 2. The molecule has 0 aromatic heterocycles. The van der Waals surface area contributed by atoms with Gasteiger partial charge >= 0.3 is 19.1 Å². The standard InChI is InChI=1S/C18H21BBrFN2O7/c1-9(2)6-14(19-29-17(27)18(30-19)28-10(3)24)23-15(25)8-22-16(26)12-7-11(20)4-5-13(12)21/h4-5,7,9,14,18H,6,8H2,1-3H3,(H,22,26)(H,23,25)/t14-,18+/m0/s1. The number of carbonyl (C=O) groups is 4. The predicted octanol–water partition coefficient (Wildman–Crippen LogP) is 1.34. The lowest BCUT2D eigenvalue weighted by Crippen LogP contribution is -2.51. The van der Waals surface area contributed by atoms with Crippen LogP contribution in [-0.2, 0) is 28.4 Å². The van der Waals surface area contributed by atoms with Gasteiger partial charge in [0.25, 0.3) is 12.2 Å². The molecule has 9 nitrogen and oxygen atoms in total. The third-order valence-corrected chi connectivity index (χ3v) is 4.43. The smallest absolute Gasteiger partial charge is 0.504 e. The van der Waals surface area contributed by atoms with E-state index in [4.69, 9.17) is 14.0 Å². The van der Waals surface area contributed by atoms with E-state index in [0.29, 0.717) is 10.9 Å². The summed E-state index contributed by atoms with van der Waals surface area (Å²) in [7, 11) is -1.16. The van der Waals surface area contributed by atoms with Gasteiger partial charge < -0.3 is 24.7 Å². The van der Waals surface area contributed by atoms with E-state index in [1.165, 1.54) is 12.1 Å². The number of nitrogens with one attached hydrogen (secondary N) is 2. The average molecular weight is 487 g/mol. The molecule has 1 aromatic carbocycles. The molecule has 1 saturated heterocycles. The first-order chi connectivity index (χ1) is 14.1. The molecule has 2 rings (SSSR count). The lowest BCUT2D eigenvalue weighted by Gasteiger charge is -2.21. The van der Waals surface area contributed by atoms with Gasteiger partial charge in [0, 0.05) is 11.4 Å². The number of esters is 1. The van der Waals surface area contributed by atoms with E-state index in [1.54, 1.807) is 0 Å². The molecule has 30 heavy (non-hydrogen) atoms. The van der Waals surface area contributed by atoms with Gasteiger partial charge in [-0.05, 0) is 30.5 Å². The minimum atomic E-state index is -1.50. The molecule has 2 amide bonds. The van der Waals surface area contributed by atoms with Crippen molar-refractivity contribution in [3.63, 3.8) is 0 Å². The first kappa shape index (κ1) is 23.8. The Bertz CT molecular complexity index is 839. The molecule has 2 atom stereocenters. The van der Waals surface area contributed by atoms with Crippen LogP contribution in [0.4, 0.5) is 4.39 Å². The van der Waals surface area contributed by atoms with E-state index in [2.05, 4.69) is 26.6 Å². The Morgan fingerprint density at radius 1 is 1.33 bits per heavy atom. The second-order valence-corrected chi connectivity index (χ2v) is 7.91. The largest absolute Gasteiger partial charge is 0.554 e. The topological polar surface area (TPSA) is 120 Å². The van der Waals surface area contributed by atoms with E-state index in [-0.39, 0.29) is 11.5 Å². The van der Waals surface area contributed by atoms with Crippen molar-refractivity contribution in [2.75, 3.05) is 6.54 Å². The Labute approximate surface area is 181 Å². The van der Waals surface area contributed by atoms with Crippen LogP contribution in [-0.4, -0.2) is 49.6 Å². The molecule has 0 bridgehead atoms. The molecule has 2 N–H and O–H groups in total. The third kappa shape index (κ3) is 6.80. The maximum Gasteiger partial charge on any atom is 0.554 e. The molecular formula is C18H21BBrFN2O7. The number of benzene rings is 1. The van der Waals surface area contributed by atoms with E-state index in [0.717, 1.165) is 13.0 Å². The zero-order chi connectivity index (χ0) is 22.4. The SMILES string of the molecule is CC(=O)O[C@@H]1OB([C@H](CC(C)C)NC(=O)CNC(=O)c2cc(Br)ccc2F)OC1=O. The fourth-order valence-electron chi connectivity index (χ4n) is 2.71. The Hall–Kier alpha value is -2.47. The van der Waals surface area contributed by atoms with Crippen LogP contribution in [0.2, 0.25) is 0 Å². The molecule has 1 aliphatic rings. The highest BCUT2D eigenvalue weighted by Gasteiger charge is 2.47. The van der Waals surface area contributed by atoms with Crippen molar-refractivity contribution in [2.45, 2.75) is 39.4 Å². The van der Waals surface area contributed by atoms with E-state index in [9.17, 15) is 23.6 Å². The lowest BCUT2D eigenvalue weighted by molar-refractivity contribution is -0.170. The molecule has 0 aliphatic carbocycles. The van der Waals surface area contributed by atoms with Gasteiger partial charge in [-0.3, -0.25) is 14.4 Å². The normalized spacial score (nSPS) is 16.8. The summed E-state index contributed by atoms with van der Waals surface area (Å²) in [6.07, 6.45) is -1.12. The van der Waals surface area contributed by atoms with Crippen molar-refractivity contribution >= 4 is 46.8 Å². The summed E-state index contributed by atoms with van der Waals surface area (Å²) >= 11 is 3.15. The first-order valence-electron chi connectivity index (χ1n) is 9.12. The summed E-state index contributed by atoms with van der Waals surface area (Å²) in [5.74, 6) is -4.34. The summed E-state index contributed by atoms with van der Waals surface area (Å²) in [6.45, 7) is 4.45. The number of hydrogen-bond donors (Lipinski definition) is 2. The van der Waals surface area contributed by atoms with Gasteiger partial charge in [-0.2, -0.15) is 0 Å². The second kappa shape index (κ2) is 10.5. The quantitative estimate of drug-likeness (QED) is 0.420. The van der Waals surface area contributed by atoms with E-state index >= 15 is 0 Å². The van der Waals surface area contributed by atoms with Gasteiger partial charge in [0.2, 0.25) is 5.91 Å². The van der Waals surface area contributed by atoms with Gasteiger partial charge in [0.05, 0.1) is 18.0 Å². The molecular weight excluding hydrogens is 466 g/mol. The zero-order valence-electron chi connectivity index (χ0n) is 16.6. The molecule has 162 valence electrons. The number of carbonyl (C=O) groups excluding carboxylic acids is 4. The molecule has 0 saturated carbocycles. The summed E-state index contributed by atoms with van der Waals surface area (Å²) in [4.78, 5) is 47.3. The minimum absolute atomic E-state index is 0.0933. The van der Waals surface area contributed by atoms with Crippen molar-refractivity contribution in [1.29, 1.82) is 0 Å². The molecule has 0 spiro atoms. The maximum atomic E-state index is 13.8. The Kier molecular flexibility index (Phi) is 8.36. The minimum Gasteiger partial charge on any atom is -0.504 e. The molecule has 1 aliphatic heterocycles. The Balaban J connectivity index is 1.97. The highest BCUT2D eigenvalue weighted by atomic mass is 79.9. The van der Waals surface area contributed by atoms with Crippen LogP contribution in [0.1, 0.15) is 37.6 Å². The lowest BCUT2D eigenvalue weighted by atomic mass is 9.74. The molecule has 0 radical (unpaired) electrons. The molecule has 1 aromatic rings.